The van der Waals surface area contributed by atoms with Crippen molar-refractivity contribution in [3.8, 4) is 0 Å². The number of allylic oxidation sites excluding steroid dienone is 6. The lowest BCUT2D eigenvalue weighted by Crippen LogP contribution is -2.19. The standard InChI is InChI=1S/C33H25OP/c34-35(27-17-6-2-7-18-27,28-19-8-3-9-20-28)33-29-21-11-10-16-26(29)24-32(25-14-4-1-5-15-25)30-22-12-13-23-31(30)33/h1-24,26H. The van der Waals surface area contributed by atoms with E-state index in [1.165, 1.54) is 5.57 Å². The summed E-state index contributed by atoms with van der Waals surface area (Å²) >= 11 is 0. The van der Waals surface area contributed by atoms with Gasteiger partial charge >= 0.3 is 0 Å². The lowest BCUT2D eigenvalue weighted by molar-refractivity contribution is 0.592. The van der Waals surface area contributed by atoms with E-state index in [2.05, 4.69) is 78.9 Å². The van der Waals surface area contributed by atoms with E-state index < -0.39 is 7.14 Å². The minimum Gasteiger partial charge on any atom is -0.309 e. The topological polar surface area (TPSA) is 17.1 Å². The highest BCUT2D eigenvalue weighted by molar-refractivity contribution is 7.87. The van der Waals surface area contributed by atoms with Crippen molar-refractivity contribution in [3.05, 3.63) is 168 Å². The van der Waals surface area contributed by atoms with E-state index in [4.69, 9.17) is 0 Å². The smallest absolute Gasteiger partial charge is 0.171 e. The first-order valence-electron chi connectivity index (χ1n) is 11.9. The Morgan fingerprint density at radius 1 is 0.571 bits per heavy atom. The second-order valence-corrected chi connectivity index (χ2v) is 11.5. The zero-order valence-corrected chi connectivity index (χ0v) is 20.2. The number of benzene rings is 4. The third-order valence-electron chi connectivity index (χ3n) is 6.80. The molecule has 0 bridgehead atoms. The van der Waals surface area contributed by atoms with Crippen LogP contribution in [0.5, 0.6) is 0 Å². The van der Waals surface area contributed by atoms with Crippen LogP contribution in [-0.4, -0.2) is 0 Å². The van der Waals surface area contributed by atoms with Gasteiger partial charge in [0.1, 0.15) is 0 Å². The Morgan fingerprint density at radius 2 is 1.11 bits per heavy atom. The Bertz CT molecular complexity index is 1500. The SMILES string of the molecule is O=P(C1=C2C=CC=CC2C=C(c2ccccc2)c2ccccc21)(c1ccccc1)c1ccccc1. The molecule has 1 unspecified atom stereocenters. The minimum absolute atomic E-state index is 0.0263. The highest BCUT2D eigenvalue weighted by Crippen LogP contribution is 2.61. The van der Waals surface area contributed by atoms with Crippen LogP contribution in [0.2, 0.25) is 0 Å². The van der Waals surface area contributed by atoms with E-state index in [0.29, 0.717) is 0 Å². The van der Waals surface area contributed by atoms with Gasteiger partial charge in [-0.1, -0.05) is 146 Å². The molecule has 0 heterocycles. The van der Waals surface area contributed by atoms with Crippen LogP contribution in [0, 0.1) is 5.92 Å². The van der Waals surface area contributed by atoms with Crippen LogP contribution < -0.4 is 10.6 Å². The summed E-state index contributed by atoms with van der Waals surface area (Å²) in [5, 5.41) is 2.64. The molecule has 2 aliphatic rings. The quantitative estimate of drug-likeness (QED) is 0.282. The number of hydrogen-bond donors (Lipinski definition) is 0. The van der Waals surface area contributed by atoms with Gasteiger partial charge in [-0.3, -0.25) is 0 Å². The second-order valence-electron chi connectivity index (χ2n) is 8.85. The van der Waals surface area contributed by atoms with E-state index in [1.807, 2.05) is 66.7 Å². The summed E-state index contributed by atoms with van der Waals surface area (Å²) < 4.78 is 15.6. The van der Waals surface area contributed by atoms with Gasteiger partial charge in [0, 0.05) is 21.8 Å². The fourth-order valence-corrected chi connectivity index (χ4v) is 8.31. The zero-order chi connectivity index (χ0) is 23.7. The van der Waals surface area contributed by atoms with Crippen LogP contribution in [0.15, 0.2) is 151 Å². The van der Waals surface area contributed by atoms with Crippen molar-refractivity contribution in [2.45, 2.75) is 0 Å². The molecule has 1 nitrogen and oxygen atoms in total. The predicted molar refractivity (Wildman–Crippen MR) is 148 cm³/mol. The van der Waals surface area contributed by atoms with Crippen molar-refractivity contribution in [2.75, 3.05) is 0 Å². The third kappa shape index (κ3) is 3.70. The van der Waals surface area contributed by atoms with Crippen LogP contribution in [0.25, 0.3) is 10.9 Å². The molecule has 4 aromatic carbocycles. The largest absolute Gasteiger partial charge is 0.309 e. The van der Waals surface area contributed by atoms with Gasteiger partial charge in [-0.05, 0) is 27.8 Å². The van der Waals surface area contributed by atoms with Crippen LogP contribution in [0.3, 0.4) is 0 Å². The van der Waals surface area contributed by atoms with Crippen molar-refractivity contribution < 1.29 is 4.57 Å². The molecule has 0 aliphatic heterocycles. The Hall–Kier alpha value is -3.93. The molecular weight excluding hydrogens is 443 g/mol. The monoisotopic (exact) mass is 468 g/mol. The second kappa shape index (κ2) is 9.02. The van der Waals surface area contributed by atoms with Crippen molar-refractivity contribution in [1.29, 1.82) is 0 Å². The number of fused-ring (bicyclic) bond motifs is 2. The highest BCUT2D eigenvalue weighted by Gasteiger charge is 2.38. The molecule has 0 fully saturated rings. The van der Waals surface area contributed by atoms with E-state index in [-0.39, 0.29) is 5.92 Å². The Labute approximate surface area is 206 Å². The molecule has 1 atom stereocenters. The first-order valence-corrected chi connectivity index (χ1v) is 13.7. The zero-order valence-electron chi connectivity index (χ0n) is 19.3. The molecule has 0 radical (unpaired) electrons. The molecule has 6 rings (SSSR count). The molecule has 168 valence electrons. The fraction of sp³-hybridized carbons (Fsp3) is 0.0303. The maximum absolute atomic E-state index is 15.6. The van der Waals surface area contributed by atoms with Crippen molar-refractivity contribution in [1.82, 2.24) is 0 Å². The molecule has 2 heteroatoms. The maximum atomic E-state index is 15.6. The first kappa shape index (κ1) is 21.6. The van der Waals surface area contributed by atoms with Gasteiger partial charge in [0.15, 0.2) is 7.14 Å². The van der Waals surface area contributed by atoms with E-state index in [0.717, 1.165) is 38.2 Å². The lowest BCUT2D eigenvalue weighted by Gasteiger charge is -2.27. The summed E-state index contributed by atoms with van der Waals surface area (Å²) in [6, 6.07) is 38.9. The van der Waals surface area contributed by atoms with Gasteiger partial charge in [-0.25, -0.2) is 0 Å². The Balaban J connectivity index is 1.72. The molecule has 0 amide bonds. The van der Waals surface area contributed by atoms with Crippen LogP contribution in [-0.2, 0) is 4.57 Å². The molecule has 0 spiro atoms. The number of hydrogen-bond acceptors (Lipinski definition) is 1. The van der Waals surface area contributed by atoms with Gasteiger partial charge in [0.05, 0.1) is 0 Å². The molecule has 0 N–H and O–H groups in total. The van der Waals surface area contributed by atoms with Gasteiger partial charge in [-0.2, -0.15) is 0 Å². The molecule has 4 aromatic rings. The van der Waals surface area contributed by atoms with Crippen molar-refractivity contribution in [2.24, 2.45) is 5.92 Å². The van der Waals surface area contributed by atoms with E-state index in [9.17, 15) is 0 Å². The molecule has 0 aromatic heterocycles. The third-order valence-corrected chi connectivity index (χ3v) is 9.98. The summed E-state index contributed by atoms with van der Waals surface area (Å²) in [4.78, 5) is 0. The molecular formula is C33H25OP. The molecule has 0 saturated carbocycles. The van der Waals surface area contributed by atoms with Crippen molar-refractivity contribution >= 4 is 28.6 Å². The normalized spacial score (nSPS) is 16.8. The first-order chi connectivity index (χ1) is 17.3. The summed E-state index contributed by atoms with van der Waals surface area (Å²) in [7, 11) is -3.21. The fourth-order valence-electron chi connectivity index (χ4n) is 5.19. The maximum Gasteiger partial charge on any atom is 0.171 e. The number of rotatable bonds is 4. The Morgan fingerprint density at radius 3 is 1.74 bits per heavy atom. The molecule has 35 heavy (non-hydrogen) atoms. The van der Waals surface area contributed by atoms with Crippen LogP contribution >= 0.6 is 7.14 Å². The molecule has 2 aliphatic carbocycles. The average molecular weight is 469 g/mol. The van der Waals surface area contributed by atoms with Gasteiger partial charge in [0.25, 0.3) is 0 Å². The lowest BCUT2D eigenvalue weighted by atomic mass is 9.91. The highest BCUT2D eigenvalue weighted by atomic mass is 31.2. The van der Waals surface area contributed by atoms with Crippen molar-refractivity contribution in [3.63, 3.8) is 0 Å². The van der Waals surface area contributed by atoms with Gasteiger partial charge in [0.2, 0.25) is 0 Å². The summed E-state index contributed by atoms with van der Waals surface area (Å²) in [5.74, 6) is 0.0263. The van der Waals surface area contributed by atoms with E-state index >= 15 is 4.57 Å². The van der Waals surface area contributed by atoms with Gasteiger partial charge in [-0.15, -0.1) is 0 Å². The van der Waals surface area contributed by atoms with Gasteiger partial charge < -0.3 is 4.57 Å². The summed E-state index contributed by atoms with van der Waals surface area (Å²) in [6.07, 6.45) is 10.9. The summed E-state index contributed by atoms with van der Waals surface area (Å²) in [6.45, 7) is 0. The average Bonchev–Trinajstić information content (AvgIpc) is 3.09. The van der Waals surface area contributed by atoms with E-state index in [1.54, 1.807) is 0 Å². The molecule has 0 saturated heterocycles. The van der Waals surface area contributed by atoms with Crippen LogP contribution in [0.4, 0.5) is 0 Å². The minimum atomic E-state index is -3.21. The Kier molecular flexibility index (Phi) is 5.57. The predicted octanol–water partition coefficient (Wildman–Crippen LogP) is 7.60. The van der Waals surface area contributed by atoms with Crippen LogP contribution in [0.1, 0.15) is 16.7 Å². The summed E-state index contributed by atoms with van der Waals surface area (Å²) in [5.41, 5.74) is 5.59.